The van der Waals surface area contributed by atoms with Crippen LogP contribution < -0.4 is 5.32 Å². The summed E-state index contributed by atoms with van der Waals surface area (Å²) in [5.41, 5.74) is 2.33. The quantitative estimate of drug-likeness (QED) is 0.466. The number of aromatic nitrogens is 1. The number of rotatable bonds is 6. The smallest absolute Gasteiger partial charge is 0.198 e. The van der Waals surface area contributed by atoms with Crippen molar-refractivity contribution >= 4 is 23.2 Å². The summed E-state index contributed by atoms with van der Waals surface area (Å²) in [6, 6.07) is 11.9. The summed E-state index contributed by atoms with van der Waals surface area (Å²) in [4.78, 5) is 11.3. The number of halogens is 1. The van der Waals surface area contributed by atoms with Gasteiger partial charge in [0.1, 0.15) is 0 Å². The summed E-state index contributed by atoms with van der Waals surface area (Å²) in [6.07, 6.45) is 9.51. The van der Waals surface area contributed by atoms with E-state index in [1.807, 2.05) is 42.7 Å². The Balaban J connectivity index is 1.53. The first-order valence-corrected chi connectivity index (χ1v) is 9.40. The summed E-state index contributed by atoms with van der Waals surface area (Å²) >= 11 is 5.97. The fourth-order valence-corrected chi connectivity index (χ4v) is 3.11. The summed E-state index contributed by atoms with van der Waals surface area (Å²) in [5.74, 6) is 0.987. The van der Waals surface area contributed by atoms with Gasteiger partial charge in [-0.25, -0.2) is 0 Å². The molecule has 132 valence electrons. The van der Waals surface area contributed by atoms with Gasteiger partial charge in [0.2, 0.25) is 0 Å². The normalized spacial score (nSPS) is 14.8. The lowest BCUT2D eigenvalue weighted by Gasteiger charge is -2.21. The Labute approximate surface area is 154 Å². The number of benzene rings is 1. The van der Waals surface area contributed by atoms with E-state index in [0.717, 1.165) is 55.6 Å². The number of aliphatic imine (C=N–C) groups is 1. The molecule has 0 radical (unpaired) electrons. The molecule has 1 aromatic carbocycles. The monoisotopic (exact) mass is 356 g/mol. The molecule has 1 aromatic heterocycles. The SMILES string of the molecule is Clc1ccc(NC(=NCCCCc2cccnc2)N2CCCC2)cc1. The van der Waals surface area contributed by atoms with Crippen LogP contribution in [0.1, 0.15) is 31.2 Å². The van der Waals surface area contributed by atoms with Crippen molar-refractivity contribution in [3.8, 4) is 0 Å². The molecule has 25 heavy (non-hydrogen) atoms. The van der Waals surface area contributed by atoms with Crippen LogP contribution in [0.5, 0.6) is 0 Å². The Hall–Kier alpha value is -2.07. The Kier molecular flexibility index (Phi) is 6.69. The fraction of sp³-hybridized carbons (Fsp3) is 0.400. The lowest BCUT2D eigenvalue weighted by Crippen LogP contribution is -2.34. The van der Waals surface area contributed by atoms with Crippen LogP contribution >= 0.6 is 11.6 Å². The number of nitrogens with zero attached hydrogens (tertiary/aromatic N) is 3. The molecule has 1 N–H and O–H groups in total. The van der Waals surface area contributed by atoms with Crippen molar-refractivity contribution in [1.29, 1.82) is 0 Å². The zero-order chi connectivity index (χ0) is 17.3. The summed E-state index contributed by atoms with van der Waals surface area (Å²) < 4.78 is 0. The Bertz CT molecular complexity index is 664. The van der Waals surface area contributed by atoms with E-state index in [9.17, 15) is 0 Å². The highest BCUT2D eigenvalue weighted by atomic mass is 35.5. The number of guanidine groups is 1. The van der Waals surface area contributed by atoms with Gasteiger partial charge in [-0.1, -0.05) is 17.7 Å². The van der Waals surface area contributed by atoms with Gasteiger partial charge in [-0.3, -0.25) is 9.98 Å². The molecule has 0 aliphatic carbocycles. The molecule has 3 rings (SSSR count). The molecule has 5 heteroatoms. The van der Waals surface area contributed by atoms with E-state index in [0.29, 0.717) is 0 Å². The van der Waals surface area contributed by atoms with Crippen molar-refractivity contribution in [1.82, 2.24) is 9.88 Å². The highest BCUT2D eigenvalue weighted by molar-refractivity contribution is 6.30. The van der Waals surface area contributed by atoms with E-state index in [-0.39, 0.29) is 0 Å². The van der Waals surface area contributed by atoms with Crippen LogP contribution in [-0.2, 0) is 6.42 Å². The third-order valence-electron chi connectivity index (χ3n) is 4.36. The third-order valence-corrected chi connectivity index (χ3v) is 4.62. The Morgan fingerprint density at radius 2 is 1.92 bits per heavy atom. The van der Waals surface area contributed by atoms with Crippen molar-refractivity contribution in [3.05, 3.63) is 59.4 Å². The molecule has 0 atom stereocenters. The van der Waals surface area contributed by atoms with Gasteiger partial charge < -0.3 is 10.2 Å². The van der Waals surface area contributed by atoms with Crippen LogP contribution in [0.3, 0.4) is 0 Å². The molecular formula is C20H25ClN4. The summed E-state index contributed by atoms with van der Waals surface area (Å²) in [6.45, 7) is 3.00. The number of anilines is 1. The minimum atomic E-state index is 0.751. The maximum absolute atomic E-state index is 5.97. The number of pyridine rings is 1. The molecule has 1 saturated heterocycles. The van der Waals surface area contributed by atoms with Gasteiger partial charge >= 0.3 is 0 Å². The van der Waals surface area contributed by atoms with Crippen molar-refractivity contribution < 1.29 is 0 Å². The van der Waals surface area contributed by atoms with Crippen LogP contribution in [0.4, 0.5) is 5.69 Å². The lowest BCUT2D eigenvalue weighted by atomic mass is 10.1. The first-order valence-electron chi connectivity index (χ1n) is 9.02. The average molecular weight is 357 g/mol. The highest BCUT2D eigenvalue weighted by Crippen LogP contribution is 2.16. The molecule has 1 fully saturated rings. The zero-order valence-corrected chi connectivity index (χ0v) is 15.3. The van der Waals surface area contributed by atoms with E-state index in [1.165, 1.54) is 18.4 Å². The second-order valence-corrected chi connectivity index (χ2v) is 6.79. The topological polar surface area (TPSA) is 40.5 Å². The number of unbranched alkanes of at least 4 members (excludes halogenated alkanes) is 1. The molecule has 1 aliphatic rings. The average Bonchev–Trinajstić information content (AvgIpc) is 3.18. The van der Waals surface area contributed by atoms with E-state index >= 15 is 0 Å². The number of aryl methyl sites for hydroxylation is 1. The molecular weight excluding hydrogens is 332 g/mol. The molecule has 0 spiro atoms. The van der Waals surface area contributed by atoms with Gasteiger partial charge in [-0.15, -0.1) is 0 Å². The Morgan fingerprint density at radius 3 is 2.64 bits per heavy atom. The molecule has 4 nitrogen and oxygen atoms in total. The highest BCUT2D eigenvalue weighted by Gasteiger charge is 2.16. The van der Waals surface area contributed by atoms with Gasteiger partial charge in [0.25, 0.3) is 0 Å². The second kappa shape index (κ2) is 9.42. The van der Waals surface area contributed by atoms with E-state index in [2.05, 4.69) is 21.3 Å². The van der Waals surface area contributed by atoms with Crippen molar-refractivity contribution in [2.75, 3.05) is 25.0 Å². The first-order chi connectivity index (χ1) is 12.3. The van der Waals surface area contributed by atoms with Crippen molar-refractivity contribution in [3.63, 3.8) is 0 Å². The van der Waals surface area contributed by atoms with Gasteiger partial charge in [-0.2, -0.15) is 0 Å². The first kappa shape index (κ1) is 17.7. The van der Waals surface area contributed by atoms with Crippen LogP contribution in [0.25, 0.3) is 0 Å². The summed E-state index contributed by atoms with van der Waals surface area (Å²) in [7, 11) is 0. The van der Waals surface area contributed by atoms with E-state index in [1.54, 1.807) is 0 Å². The van der Waals surface area contributed by atoms with Gasteiger partial charge in [0.15, 0.2) is 5.96 Å². The minimum absolute atomic E-state index is 0.751. The molecule has 2 aromatic rings. The predicted molar refractivity (Wildman–Crippen MR) is 105 cm³/mol. The number of hydrogen-bond acceptors (Lipinski definition) is 2. The molecule has 2 heterocycles. The molecule has 0 bridgehead atoms. The molecule has 1 aliphatic heterocycles. The van der Waals surface area contributed by atoms with Crippen molar-refractivity contribution in [2.45, 2.75) is 32.1 Å². The zero-order valence-electron chi connectivity index (χ0n) is 14.5. The van der Waals surface area contributed by atoms with Crippen LogP contribution in [0.2, 0.25) is 5.02 Å². The lowest BCUT2D eigenvalue weighted by molar-refractivity contribution is 0.514. The number of likely N-dealkylation sites (tertiary alicyclic amines) is 1. The maximum Gasteiger partial charge on any atom is 0.198 e. The molecule has 0 saturated carbocycles. The number of nitrogens with one attached hydrogen (secondary N) is 1. The van der Waals surface area contributed by atoms with Gasteiger partial charge in [0, 0.05) is 42.7 Å². The van der Waals surface area contributed by atoms with Gasteiger partial charge in [-0.05, 0) is 68.0 Å². The molecule has 0 amide bonds. The molecule has 0 unspecified atom stereocenters. The van der Waals surface area contributed by atoms with E-state index in [4.69, 9.17) is 16.6 Å². The van der Waals surface area contributed by atoms with Crippen LogP contribution in [0.15, 0.2) is 53.8 Å². The fourth-order valence-electron chi connectivity index (χ4n) is 2.98. The van der Waals surface area contributed by atoms with Crippen molar-refractivity contribution in [2.24, 2.45) is 4.99 Å². The van der Waals surface area contributed by atoms with Gasteiger partial charge in [0.05, 0.1) is 0 Å². The van der Waals surface area contributed by atoms with Crippen LogP contribution in [-0.4, -0.2) is 35.5 Å². The second-order valence-electron chi connectivity index (χ2n) is 6.35. The summed E-state index contributed by atoms with van der Waals surface area (Å²) in [5, 5.41) is 4.21. The maximum atomic E-state index is 5.97. The Morgan fingerprint density at radius 1 is 1.12 bits per heavy atom. The van der Waals surface area contributed by atoms with E-state index < -0.39 is 0 Å². The largest absolute Gasteiger partial charge is 0.343 e. The van der Waals surface area contributed by atoms with Crippen LogP contribution in [0, 0.1) is 0 Å². The predicted octanol–water partition coefficient (Wildman–Crippen LogP) is 4.62. The minimum Gasteiger partial charge on any atom is -0.343 e. The standard InChI is InChI=1S/C20H25ClN4/c21-18-8-10-19(11-9-18)24-20(25-14-3-4-15-25)23-13-2-1-6-17-7-5-12-22-16-17/h5,7-12,16H,1-4,6,13-15H2,(H,23,24). The third kappa shape index (κ3) is 5.75. The number of hydrogen-bond donors (Lipinski definition) is 1.